The maximum absolute atomic E-state index is 8.93. The Morgan fingerprint density at radius 3 is 2.29 bits per heavy atom. The summed E-state index contributed by atoms with van der Waals surface area (Å²) in [5, 5.41) is 12.5. The molecule has 0 rings (SSSR count). The number of aliphatic hydroxyl groups excluding tert-OH is 1. The molecule has 2 nitrogen and oxygen atoms in total. The molecular formula is C11H25NOS. The van der Waals surface area contributed by atoms with Crippen molar-refractivity contribution in [1.29, 1.82) is 0 Å². The molecule has 86 valence electrons. The average Bonchev–Trinajstić information content (AvgIpc) is 2.03. The van der Waals surface area contributed by atoms with E-state index >= 15 is 0 Å². The molecule has 0 aromatic rings. The first kappa shape index (κ1) is 14.3. The van der Waals surface area contributed by atoms with Gasteiger partial charge in [-0.05, 0) is 25.0 Å². The molecule has 2 N–H and O–H groups in total. The largest absolute Gasteiger partial charge is 0.396 e. The van der Waals surface area contributed by atoms with Gasteiger partial charge >= 0.3 is 0 Å². The van der Waals surface area contributed by atoms with Gasteiger partial charge in [-0.3, -0.25) is 0 Å². The van der Waals surface area contributed by atoms with Crippen molar-refractivity contribution in [3.05, 3.63) is 0 Å². The Balaban J connectivity index is 4.01. The van der Waals surface area contributed by atoms with E-state index in [2.05, 4.69) is 39.3 Å². The number of hydrogen-bond acceptors (Lipinski definition) is 3. The van der Waals surface area contributed by atoms with Crippen LogP contribution in [-0.2, 0) is 0 Å². The molecule has 0 spiro atoms. The van der Waals surface area contributed by atoms with Crippen molar-refractivity contribution in [3.8, 4) is 0 Å². The highest BCUT2D eigenvalue weighted by molar-refractivity contribution is 7.98. The minimum absolute atomic E-state index is 0.273. The fourth-order valence-electron chi connectivity index (χ4n) is 1.18. The van der Waals surface area contributed by atoms with Crippen molar-refractivity contribution in [1.82, 2.24) is 5.32 Å². The van der Waals surface area contributed by atoms with Crippen molar-refractivity contribution in [2.75, 3.05) is 18.6 Å². The van der Waals surface area contributed by atoms with Crippen molar-refractivity contribution < 1.29 is 5.11 Å². The first-order valence-electron chi connectivity index (χ1n) is 5.27. The molecule has 0 aromatic carbocycles. The summed E-state index contributed by atoms with van der Waals surface area (Å²) < 4.78 is 0. The first-order chi connectivity index (χ1) is 6.41. The van der Waals surface area contributed by atoms with Crippen molar-refractivity contribution in [2.45, 2.75) is 46.2 Å². The Kier molecular flexibility index (Phi) is 6.83. The van der Waals surface area contributed by atoms with E-state index in [1.54, 1.807) is 0 Å². The van der Waals surface area contributed by atoms with Gasteiger partial charge in [-0.1, -0.05) is 20.8 Å². The van der Waals surface area contributed by atoms with Gasteiger partial charge in [0.2, 0.25) is 0 Å². The van der Waals surface area contributed by atoms with Gasteiger partial charge in [-0.25, -0.2) is 0 Å². The van der Waals surface area contributed by atoms with Crippen molar-refractivity contribution >= 4 is 11.8 Å². The molecule has 14 heavy (non-hydrogen) atoms. The van der Waals surface area contributed by atoms with Crippen LogP contribution in [0.2, 0.25) is 0 Å². The van der Waals surface area contributed by atoms with Crippen molar-refractivity contribution in [2.24, 2.45) is 5.41 Å². The van der Waals surface area contributed by atoms with E-state index in [-0.39, 0.29) is 12.0 Å². The fourth-order valence-corrected chi connectivity index (χ4v) is 1.84. The third-order valence-electron chi connectivity index (χ3n) is 2.63. The highest BCUT2D eigenvalue weighted by atomic mass is 32.2. The molecule has 0 radical (unpaired) electrons. The summed E-state index contributed by atoms with van der Waals surface area (Å²) in [4.78, 5) is 0. The zero-order valence-corrected chi connectivity index (χ0v) is 10.9. The van der Waals surface area contributed by atoms with Gasteiger partial charge in [0, 0.05) is 24.4 Å². The van der Waals surface area contributed by atoms with Crippen LogP contribution >= 0.6 is 11.8 Å². The third kappa shape index (κ3) is 5.89. The number of aliphatic hydroxyl groups is 1. The van der Waals surface area contributed by atoms with Gasteiger partial charge in [-0.2, -0.15) is 11.8 Å². The summed E-state index contributed by atoms with van der Waals surface area (Å²) >= 11 is 1.83. The monoisotopic (exact) mass is 219 g/mol. The van der Waals surface area contributed by atoms with E-state index < -0.39 is 0 Å². The summed E-state index contributed by atoms with van der Waals surface area (Å²) in [6, 6.07) is 0.912. The Hall–Kier alpha value is 0.270. The zero-order chi connectivity index (χ0) is 11.2. The van der Waals surface area contributed by atoms with Gasteiger partial charge in [0.1, 0.15) is 0 Å². The Bertz CT molecular complexity index is 139. The number of nitrogens with one attached hydrogen (secondary N) is 1. The highest BCUT2D eigenvalue weighted by Crippen LogP contribution is 2.19. The lowest BCUT2D eigenvalue weighted by Gasteiger charge is -2.32. The summed E-state index contributed by atoms with van der Waals surface area (Å²) in [5.74, 6) is 1.07. The van der Waals surface area contributed by atoms with Crippen LogP contribution in [0, 0.1) is 5.41 Å². The summed E-state index contributed by atoms with van der Waals surface area (Å²) in [7, 11) is 0. The molecule has 2 atom stereocenters. The van der Waals surface area contributed by atoms with Gasteiger partial charge in [0.15, 0.2) is 0 Å². The summed E-state index contributed by atoms with van der Waals surface area (Å²) in [5.41, 5.74) is 0.284. The summed E-state index contributed by atoms with van der Waals surface area (Å²) in [6.07, 6.45) is 2.95. The van der Waals surface area contributed by atoms with Gasteiger partial charge in [0.05, 0.1) is 0 Å². The molecule has 2 unspecified atom stereocenters. The van der Waals surface area contributed by atoms with Crippen LogP contribution in [0.15, 0.2) is 0 Å². The second-order valence-electron chi connectivity index (χ2n) is 4.92. The third-order valence-corrected chi connectivity index (χ3v) is 3.37. The molecular weight excluding hydrogens is 194 g/mol. The van der Waals surface area contributed by atoms with Gasteiger partial charge < -0.3 is 10.4 Å². The molecule has 0 aliphatic heterocycles. The lowest BCUT2D eigenvalue weighted by Crippen LogP contribution is -2.45. The van der Waals surface area contributed by atoms with Crippen LogP contribution in [0.4, 0.5) is 0 Å². The van der Waals surface area contributed by atoms with E-state index in [0.717, 1.165) is 12.2 Å². The van der Waals surface area contributed by atoms with Crippen molar-refractivity contribution in [3.63, 3.8) is 0 Å². The minimum Gasteiger partial charge on any atom is -0.396 e. The number of thioether (sulfide) groups is 1. The van der Waals surface area contributed by atoms with Crippen LogP contribution in [0.3, 0.4) is 0 Å². The maximum Gasteiger partial charge on any atom is 0.0446 e. The predicted molar refractivity (Wildman–Crippen MR) is 65.9 cm³/mol. The molecule has 0 heterocycles. The van der Waals surface area contributed by atoms with E-state index in [1.807, 2.05) is 11.8 Å². The van der Waals surface area contributed by atoms with Crippen LogP contribution in [-0.4, -0.2) is 35.8 Å². The molecule has 0 fully saturated rings. The predicted octanol–water partition coefficient (Wildman–Crippen LogP) is 2.12. The molecule has 0 aliphatic rings. The van der Waals surface area contributed by atoms with Crippen LogP contribution in [0.25, 0.3) is 0 Å². The quantitative estimate of drug-likeness (QED) is 0.718. The fraction of sp³-hybridized carbons (Fsp3) is 1.00. The molecule has 0 bridgehead atoms. The van der Waals surface area contributed by atoms with E-state index in [0.29, 0.717) is 12.1 Å². The second kappa shape index (κ2) is 6.70. The molecule has 0 saturated heterocycles. The van der Waals surface area contributed by atoms with Gasteiger partial charge in [-0.15, -0.1) is 0 Å². The Morgan fingerprint density at radius 1 is 1.36 bits per heavy atom. The Labute approximate surface area is 92.9 Å². The standard InChI is InChI=1S/C11H25NOS/c1-9(11(2,3)4)12-10(6-7-13)8-14-5/h9-10,12-13H,6-8H2,1-5H3. The lowest BCUT2D eigenvalue weighted by atomic mass is 9.87. The van der Waals surface area contributed by atoms with Gasteiger partial charge in [0.25, 0.3) is 0 Å². The molecule has 3 heteroatoms. The summed E-state index contributed by atoms with van der Waals surface area (Å²) in [6.45, 7) is 9.19. The second-order valence-corrected chi connectivity index (χ2v) is 5.83. The van der Waals surface area contributed by atoms with Crippen LogP contribution in [0.1, 0.15) is 34.1 Å². The SMILES string of the molecule is CSCC(CCO)NC(C)C(C)(C)C. The first-order valence-corrected chi connectivity index (χ1v) is 6.67. The number of rotatable bonds is 6. The molecule has 0 aliphatic carbocycles. The van der Waals surface area contributed by atoms with E-state index in [1.165, 1.54) is 0 Å². The maximum atomic E-state index is 8.93. The zero-order valence-electron chi connectivity index (χ0n) is 10.1. The smallest absolute Gasteiger partial charge is 0.0446 e. The Morgan fingerprint density at radius 2 is 1.93 bits per heavy atom. The topological polar surface area (TPSA) is 32.3 Å². The van der Waals surface area contributed by atoms with E-state index in [4.69, 9.17) is 5.11 Å². The van der Waals surface area contributed by atoms with E-state index in [9.17, 15) is 0 Å². The highest BCUT2D eigenvalue weighted by Gasteiger charge is 2.22. The minimum atomic E-state index is 0.273. The van der Waals surface area contributed by atoms with Crippen LogP contribution in [0.5, 0.6) is 0 Å². The average molecular weight is 219 g/mol. The molecule has 0 amide bonds. The number of hydrogen-bond donors (Lipinski definition) is 2. The lowest BCUT2D eigenvalue weighted by molar-refractivity contribution is 0.231. The molecule has 0 saturated carbocycles. The normalized spacial score (nSPS) is 16.7. The molecule has 0 aromatic heterocycles. The van der Waals surface area contributed by atoms with Crippen LogP contribution < -0.4 is 5.32 Å².